The number of benzene rings is 2. The highest BCUT2D eigenvalue weighted by molar-refractivity contribution is 9.10. The Labute approximate surface area is 231 Å². The van der Waals surface area contributed by atoms with E-state index in [9.17, 15) is 18.8 Å². The number of fused-ring (bicyclic) bond motifs is 3. The molecule has 1 aliphatic heterocycles. The van der Waals surface area contributed by atoms with Gasteiger partial charge in [0.15, 0.2) is 5.69 Å². The van der Waals surface area contributed by atoms with E-state index < -0.39 is 23.1 Å². The van der Waals surface area contributed by atoms with Crippen molar-refractivity contribution in [2.24, 2.45) is 7.05 Å². The molecule has 0 radical (unpaired) electrons. The zero-order valence-electron chi connectivity index (χ0n) is 21.7. The van der Waals surface area contributed by atoms with Crippen LogP contribution in [-0.4, -0.2) is 50.1 Å². The molecule has 4 aromatic rings. The van der Waals surface area contributed by atoms with Crippen LogP contribution in [0, 0.1) is 23.0 Å². The fourth-order valence-electron chi connectivity index (χ4n) is 4.38. The second-order valence-electron chi connectivity index (χ2n) is 9.59. The average molecular weight is 597 g/mol. The molecule has 0 aliphatic carbocycles. The first-order valence-electron chi connectivity index (χ1n) is 11.8. The Hall–Kier alpha value is -4.24. The predicted molar refractivity (Wildman–Crippen MR) is 141 cm³/mol. The minimum absolute atomic E-state index is 0.00234. The first-order valence-corrected chi connectivity index (χ1v) is 12.6. The van der Waals surface area contributed by atoms with Crippen LogP contribution in [-0.2, 0) is 13.7 Å². The van der Waals surface area contributed by atoms with E-state index in [-0.39, 0.29) is 18.0 Å². The second-order valence-corrected chi connectivity index (χ2v) is 10.4. The maximum absolute atomic E-state index is 14.3. The van der Waals surface area contributed by atoms with Crippen molar-refractivity contribution in [2.45, 2.75) is 26.0 Å². The number of amides is 1. The van der Waals surface area contributed by atoms with E-state index in [4.69, 9.17) is 9.47 Å². The van der Waals surface area contributed by atoms with Crippen LogP contribution < -0.4 is 9.47 Å². The number of aryl methyl sites for hydroxylation is 1. The molecule has 0 unspecified atom stereocenters. The third-order valence-corrected chi connectivity index (χ3v) is 7.24. The van der Waals surface area contributed by atoms with Crippen molar-refractivity contribution < 1.29 is 23.0 Å². The lowest BCUT2D eigenvalue weighted by Crippen LogP contribution is -2.44. The molecule has 12 heteroatoms. The van der Waals surface area contributed by atoms with E-state index in [1.54, 1.807) is 43.9 Å². The maximum atomic E-state index is 14.3. The van der Waals surface area contributed by atoms with Gasteiger partial charge in [0.1, 0.15) is 41.0 Å². The zero-order valence-corrected chi connectivity index (χ0v) is 23.3. The van der Waals surface area contributed by atoms with Crippen LogP contribution >= 0.6 is 15.9 Å². The molecule has 0 bridgehead atoms. The number of ether oxygens (including phenoxy) is 2. The number of hydrogen-bond donors (Lipinski definition) is 0. The van der Waals surface area contributed by atoms with Crippen molar-refractivity contribution in [3.8, 4) is 45.8 Å². The maximum Gasteiger partial charge on any atom is 0.275 e. The fraction of sp³-hybridized carbons (Fsp3) is 0.259. The molecule has 0 spiro atoms. The fourth-order valence-corrected chi connectivity index (χ4v) is 4.97. The summed E-state index contributed by atoms with van der Waals surface area (Å²) in [5.41, 5.74) is 1.50. The molecule has 5 rings (SSSR count). The van der Waals surface area contributed by atoms with Crippen molar-refractivity contribution in [2.75, 3.05) is 14.2 Å². The third kappa shape index (κ3) is 4.42. The number of halogens is 3. The van der Waals surface area contributed by atoms with Crippen molar-refractivity contribution in [3.05, 3.63) is 63.9 Å². The van der Waals surface area contributed by atoms with E-state index in [0.717, 1.165) is 22.7 Å². The Morgan fingerprint density at radius 1 is 1.18 bits per heavy atom. The predicted octanol–water partition coefficient (Wildman–Crippen LogP) is 5.26. The minimum Gasteiger partial charge on any atom is -0.496 e. The Bertz CT molecular complexity index is 1670. The van der Waals surface area contributed by atoms with Crippen molar-refractivity contribution in [1.29, 1.82) is 5.26 Å². The molecule has 0 saturated carbocycles. The molecule has 2 aromatic carbocycles. The number of aromatic nitrogens is 4. The Kier molecular flexibility index (Phi) is 6.42. The Morgan fingerprint density at radius 3 is 2.46 bits per heavy atom. The lowest BCUT2D eigenvalue weighted by Gasteiger charge is -2.29. The molecule has 200 valence electrons. The number of nitriles is 1. The summed E-state index contributed by atoms with van der Waals surface area (Å²) >= 11 is 3.53. The van der Waals surface area contributed by atoms with Gasteiger partial charge in [0.25, 0.3) is 5.91 Å². The third-order valence-electron chi connectivity index (χ3n) is 6.66. The van der Waals surface area contributed by atoms with E-state index >= 15 is 0 Å². The monoisotopic (exact) mass is 596 g/mol. The van der Waals surface area contributed by atoms with Crippen molar-refractivity contribution in [3.63, 3.8) is 0 Å². The molecular weight excluding hydrogens is 574 g/mol. The molecule has 39 heavy (non-hydrogen) atoms. The first kappa shape index (κ1) is 26.4. The highest BCUT2D eigenvalue weighted by atomic mass is 79.9. The van der Waals surface area contributed by atoms with Crippen LogP contribution in [0.4, 0.5) is 8.78 Å². The Balaban J connectivity index is 1.80. The summed E-state index contributed by atoms with van der Waals surface area (Å²) < 4.78 is 44.0. The molecule has 0 fully saturated rings. The molecule has 1 aliphatic rings. The summed E-state index contributed by atoms with van der Waals surface area (Å²) in [6, 6.07) is 8.59. The van der Waals surface area contributed by atoms with Crippen molar-refractivity contribution in [1.82, 2.24) is 24.5 Å². The van der Waals surface area contributed by atoms with Crippen LogP contribution in [0.15, 0.2) is 41.0 Å². The molecule has 2 aromatic heterocycles. The number of hydrogen-bond acceptors (Lipinski definition) is 6. The van der Waals surface area contributed by atoms with Crippen LogP contribution in [0.1, 0.15) is 29.9 Å². The van der Waals surface area contributed by atoms with E-state index in [2.05, 4.69) is 32.2 Å². The second kappa shape index (κ2) is 9.50. The van der Waals surface area contributed by atoms with Crippen LogP contribution in [0.2, 0.25) is 0 Å². The Morgan fingerprint density at radius 2 is 1.87 bits per heavy atom. The van der Waals surface area contributed by atoms with Gasteiger partial charge in [-0.15, -0.1) is 0 Å². The van der Waals surface area contributed by atoms with Gasteiger partial charge in [-0.3, -0.25) is 9.48 Å². The van der Waals surface area contributed by atoms with Gasteiger partial charge in [0.2, 0.25) is 0 Å². The van der Waals surface area contributed by atoms with E-state index in [1.165, 1.54) is 23.7 Å². The number of rotatable bonds is 5. The van der Waals surface area contributed by atoms with Gasteiger partial charge in [-0.1, -0.05) is 0 Å². The van der Waals surface area contributed by atoms with E-state index in [1.807, 2.05) is 0 Å². The molecule has 0 N–H and O–H groups in total. The summed E-state index contributed by atoms with van der Waals surface area (Å²) in [5.74, 6) is -1.22. The molecular formula is C27H23BrF2N6O3. The summed E-state index contributed by atoms with van der Waals surface area (Å²) in [7, 11) is 4.81. The minimum atomic E-state index is -1.14. The lowest BCUT2D eigenvalue weighted by molar-refractivity contribution is 0.0689. The van der Waals surface area contributed by atoms with Gasteiger partial charge in [0, 0.05) is 49.1 Å². The number of carbonyl (C=O) groups is 1. The summed E-state index contributed by atoms with van der Waals surface area (Å²) in [4.78, 5) is 14.9. The summed E-state index contributed by atoms with van der Waals surface area (Å²) in [6.45, 7) is 3.16. The molecule has 1 amide bonds. The number of nitrogens with zero attached hydrogens (tertiary/aromatic N) is 6. The summed E-state index contributed by atoms with van der Waals surface area (Å²) in [5, 5.41) is 18.6. The standard InChI is InChI=1S/C27H23BrF2N6O3/c1-27(2,13-31)35(4)26(37)24-19-12-39-22-10-21(38-5)17(23-20(28)11-34(3)32-23)9-18(22)25(19)36(33-24)16-7-14(29)6-15(30)8-16/h6-11H,12H2,1-5H3. The topological polar surface area (TPSA) is 98.2 Å². The molecule has 3 heterocycles. The SMILES string of the molecule is COc1cc2c(cc1-c1nn(C)cc1Br)-c1c(c(C(=O)N(C)C(C)(C)C#N)nn1-c1cc(F)cc(F)c1)CO2. The summed E-state index contributed by atoms with van der Waals surface area (Å²) in [6.07, 6.45) is 1.79. The van der Waals surface area contributed by atoms with Crippen LogP contribution in [0.3, 0.4) is 0 Å². The van der Waals surface area contributed by atoms with Gasteiger partial charge in [-0.2, -0.15) is 15.5 Å². The average Bonchev–Trinajstić information content (AvgIpc) is 3.45. The van der Waals surface area contributed by atoms with Gasteiger partial charge in [0.05, 0.1) is 29.0 Å². The molecule has 9 nitrogen and oxygen atoms in total. The largest absolute Gasteiger partial charge is 0.496 e. The van der Waals surface area contributed by atoms with Gasteiger partial charge >= 0.3 is 0 Å². The molecule has 0 saturated heterocycles. The molecule has 0 atom stereocenters. The van der Waals surface area contributed by atoms with E-state index in [0.29, 0.717) is 39.6 Å². The lowest BCUT2D eigenvalue weighted by atomic mass is 9.97. The zero-order chi connectivity index (χ0) is 28.2. The normalized spacial score (nSPS) is 12.3. The smallest absolute Gasteiger partial charge is 0.275 e. The number of carbonyl (C=O) groups excluding carboxylic acids is 1. The van der Waals surface area contributed by atoms with Crippen LogP contribution in [0.25, 0.3) is 28.2 Å². The highest BCUT2D eigenvalue weighted by Crippen LogP contribution is 2.47. The van der Waals surface area contributed by atoms with Crippen molar-refractivity contribution >= 4 is 21.8 Å². The van der Waals surface area contributed by atoms with Gasteiger partial charge in [-0.05, 0) is 48.0 Å². The van der Waals surface area contributed by atoms with Gasteiger partial charge < -0.3 is 14.4 Å². The van der Waals surface area contributed by atoms with Crippen LogP contribution in [0.5, 0.6) is 11.5 Å². The number of methoxy groups -OCH3 is 1. The first-order chi connectivity index (χ1) is 18.4. The van der Waals surface area contributed by atoms with Gasteiger partial charge in [-0.25, -0.2) is 13.5 Å². The highest BCUT2D eigenvalue weighted by Gasteiger charge is 2.36. The quantitative estimate of drug-likeness (QED) is 0.312.